The Balaban J connectivity index is 1.66. The molecule has 2 unspecified atom stereocenters. The zero-order valence-electron chi connectivity index (χ0n) is 12.7. The average Bonchev–Trinajstić information content (AvgIpc) is 3.04. The molecule has 3 aliphatic rings. The van der Waals surface area contributed by atoms with Crippen LogP contribution < -0.4 is 5.32 Å². The summed E-state index contributed by atoms with van der Waals surface area (Å²) >= 11 is 1.87. The Kier molecular flexibility index (Phi) is 3.34. The van der Waals surface area contributed by atoms with Crippen LogP contribution >= 0.6 is 11.3 Å². The molecule has 0 aromatic carbocycles. The third-order valence-corrected chi connectivity index (χ3v) is 6.60. The molecule has 3 nitrogen and oxygen atoms in total. The molecule has 1 N–H and O–H groups in total. The van der Waals surface area contributed by atoms with Gasteiger partial charge in [-0.15, -0.1) is 11.3 Å². The van der Waals surface area contributed by atoms with Gasteiger partial charge in [-0.25, -0.2) is 0 Å². The maximum Gasteiger partial charge on any atom is 0.243 e. The molecule has 2 atom stereocenters. The van der Waals surface area contributed by atoms with E-state index in [2.05, 4.69) is 28.6 Å². The molecule has 2 aliphatic heterocycles. The predicted octanol–water partition coefficient (Wildman–Crippen LogP) is 3.12. The summed E-state index contributed by atoms with van der Waals surface area (Å²) in [6.07, 6.45) is 6.67. The Labute approximate surface area is 130 Å². The first-order valence-corrected chi connectivity index (χ1v) is 9.25. The van der Waals surface area contributed by atoms with Crippen LogP contribution in [0.15, 0.2) is 11.4 Å². The van der Waals surface area contributed by atoms with E-state index in [-0.39, 0.29) is 5.54 Å². The fourth-order valence-corrected chi connectivity index (χ4v) is 5.12. The number of fused-ring (bicyclic) bond motifs is 1. The van der Waals surface area contributed by atoms with Crippen LogP contribution in [-0.4, -0.2) is 29.4 Å². The SMILES string of the molecule is CCC1(C(=O)N2CCc3sccc3C2C2CC2)CCCN1. The van der Waals surface area contributed by atoms with Crippen molar-refractivity contribution in [1.29, 1.82) is 0 Å². The monoisotopic (exact) mass is 304 g/mol. The Bertz CT molecular complexity index is 543. The van der Waals surface area contributed by atoms with Crippen molar-refractivity contribution in [2.24, 2.45) is 5.92 Å². The molecular weight excluding hydrogens is 280 g/mol. The number of amides is 1. The molecule has 21 heavy (non-hydrogen) atoms. The number of nitrogens with one attached hydrogen (secondary N) is 1. The summed E-state index contributed by atoms with van der Waals surface area (Å²) in [5.74, 6) is 1.08. The lowest BCUT2D eigenvalue weighted by atomic mass is 9.88. The van der Waals surface area contributed by atoms with E-state index in [4.69, 9.17) is 0 Å². The Morgan fingerprint density at radius 2 is 2.38 bits per heavy atom. The smallest absolute Gasteiger partial charge is 0.243 e. The summed E-state index contributed by atoms with van der Waals surface area (Å²) in [7, 11) is 0. The highest BCUT2D eigenvalue weighted by atomic mass is 32.1. The first kappa shape index (κ1) is 13.8. The summed E-state index contributed by atoms with van der Waals surface area (Å²) in [6.45, 7) is 4.06. The van der Waals surface area contributed by atoms with Crippen molar-refractivity contribution in [2.45, 2.75) is 57.0 Å². The fraction of sp³-hybridized carbons (Fsp3) is 0.706. The molecule has 1 aromatic heterocycles. The van der Waals surface area contributed by atoms with Crippen molar-refractivity contribution >= 4 is 17.2 Å². The number of nitrogens with zero attached hydrogens (tertiary/aromatic N) is 1. The maximum absolute atomic E-state index is 13.3. The molecule has 1 saturated heterocycles. The second-order valence-corrected chi connectivity index (χ2v) is 7.80. The van der Waals surface area contributed by atoms with Crippen LogP contribution in [0.2, 0.25) is 0 Å². The molecule has 0 radical (unpaired) electrons. The van der Waals surface area contributed by atoms with Crippen molar-refractivity contribution in [3.05, 3.63) is 21.9 Å². The molecule has 0 spiro atoms. The topological polar surface area (TPSA) is 32.3 Å². The lowest BCUT2D eigenvalue weighted by molar-refractivity contribution is -0.141. The Morgan fingerprint density at radius 1 is 1.52 bits per heavy atom. The molecular formula is C17H24N2OS. The third kappa shape index (κ3) is 2.15. The highest BCUT2D eigenvalue weighted by Crippen LogP contribution is 2.49. The summed E-state index contributed by atoms with van der Waals surface area (Å²) in [5.41, 5.74) is 1.17. The average molecular weight is 304 g/mol. The highest BCUT2D eigenvalue weighted by Gasteiger charge is 2.48. The largest absolute Gasteiger partial charge is 0.333 e. The van der Waals surface area contributed by atoms with Crippen molar-refractivity contribution in [1.82, 2.24) is 10.2 Å². The van der Waals surface area contributed by atoms with E-state index in [1.54, 1.807) is 0 Å². The molecule has 114 valence electrons. The number of rotatable bonds is 3. The minimum Gasteiger partial charge on any atom is -0.333 e. The molecule has 4 rings (SSSR count). The minimum atomic E-state index is -0.277. The lowest BCUT2D eigenvalue weighted by Gasteiger charge is -2.41. The first-order chi connectivity index (χ1) is 10.2. The third-order valence-electron chi connectivity index (χ3n) is 5.60. The van der Waals surface area contributed by atoms with Gasteiger partial charge in [-0.3, -0.25) is 4.79 Å². The molecule has 1 saturated carbocycles. The summed E-state index contributed by atoms with van der Waals surface area (Å²) < 4.78 is 0. The van der Waals surface area contributed by atoms with Gasteiger partial charge in [0.15, 0.2) is 0 Å². The van der Waals surface area contributed by atoms with Gasteiger partial charge < -0.3 is 10.2 Å². The standard InChI is InChI=1S/C17H24N2OS/c1-2-17(8-3-9-18-17)16(20)19-10-6-14-13(7-11-21-14)15(19)12-4-5-12/h7,11-12,15,18H,2-6,8-10H2,1H3. The maximum atomic E-state index is 13.3. The van der Waals surface area contributed by atoms with E-state index in [9.17, 15) is 4.79 Å². The van der Waals surface area contributed by atoms with Gasteiger partial charge in [0, 0.05) is 11.4 Å². The van der Waals surface area contributed by atoms with Gasteiger partial charge in [-0.2, -0.15) is 0 Å². The van der Waals surface area contributed by atoms with Gasteiger partial charge in [-0.05, 0) is 68.0 Å². The van der Waals surface area contributed by atoms with E-state index >= 15 is 0 Å². The summed E-state index contributed by atoms with van der Waals surface area (Å²) in [5, 5.41) is 5.73. The number of carbonyl (C=O) groups excluding carboxylic acids is 1. The first-order valence-electron chi connectivity index (χ1n) is 8.37. The van der Waals surface area contributed by atoms with Gasteiger partial charge in [0.05, 0.1) is 11.6 Å². The Morgan fingerprint density at radius 3 is 3.05 bits per heavy atom. The molecule has 0 bridgehead atoms. The van der Waals surface area contributed by atoms with Crippen LogP contribution in [0.5, 0.6) is 0 Å². The zero-order chi connectivity index (χ0) is 14.4. The molecule has 2 fully saturated rings. The van der Waals surface area contributed by atoms with E-state index < -0.39 is 0 Å². The van der Waals surface area contributed by atoms with Gasteiger partial charge >= 0.3 is 0 Å². The van der Waals surface area contributed by atoms with E-state index in [0.717, 1.165) is 38.8 Å². The molecule has 1 aliphatic carbocycles. The normalized spacial score (nSPS) is 32.2. The van der Waals surface area contributed by atoms with Crippen LogP contribution in [-0.2, 0) is 11.2 Å². The van der Waals surface area contributed by atoms with Crippen LogP contribution in [0.3, 0.4) is 0 Å². The molecule has 1 aromatic rings. The van der Waals surface area contributed by atoms with Gasteiger partial charge in [0.2, 0.25) is 5.91 Å². The van der Waals surface area contributed by atoms with Crippen LogP contribution in [0.25, 0.3) is 0 Å². The van der Waals surface area contributed by atoms with Crippen molar-refractivity contribution in [3.8, 4) is 0 Å². The van der Waals surface area contributed by atoms with Crippen LogP contribution in [0.1, 0.15) is 55.5 Å². The summed E-state index contributed by atoms with van der Waals surface area (Å²) in [4.78, 5) is 17.0. The quantitative estimate of drug-likeness (QED) is 0.930. The van der Waals surface area contributed by atoms with Crippen molar-refractivity contribution in [3.63, 3.8) is 0 Å². The second kappa shape index (κ2) is 5.10. The predicted molar refractivity (Wildman–Crippen MR) is 85.5 cm³/mol. The number of carbonyl (C=O) groups is 1. The van der Waals surface area contributed by atoms with Gasteiger partial charge in [0.1, 0.15) is 0 Å². The van der Waals surface area contributed by atoms with E-state index in [1.165, 1.54) is 23.3 Å². The number of hydrogen-bond acceptors (Lipinski definition) is 3. The molecule has 4 heteroatoms. The van der Waals surface area contributed by atoms with Gasteiger partial charge in [0.25, 0.3) is 0 Å². The fourth-order valence-electron chi connectivity index (χ4n) is 4.21. The van der Waals surface area contributed by atoms with E-state index in [1.807, 2.05) is 11.3 Å². The van der Waals surface area contributed by atoms with Gasteiger partial charge in [-0.1, -0.05) is 6.92 Å². The van der Waals surface area contributed by atoms with Crippen LogP contribution in [0.4, 0.5) is 0 Å². The van der Waals surface area contributed by atoms with Crippen molar-refractivity contribution in [2.75, 3.05) is 13.1 Å². The van der Waals surface area contributed by atoms with E-state index in [0.29, 0.717) is 17.9 Å². The zero-order valence-corrected chi connectivity index (χ0v) is 13.5. The number of hydrogen-bond donors (Lipinski definition) is 1. The highest BCUT2D eigenvalue weighted by molar-refractivity contribution is 7.10. The van der Waals surface area contributed by atoms with Crippen molar-refractivity contribution < 1.29 is 4.79 Å². The Hall–Kier alpha value is -0.870. The minimum absolute atomic E-state index is 0.277. The van der Waals surface area contributed by atoms with Crippen LogP contribution in [0, 0.1) is 5.92 Å². The summed E-state index contributed by atoms with van der Waals surface area (Å²) in [6, 6.07) is 2.63. The molecule has 3 heterocycles. The lowest BCUT2D eigenvalue weighted by Crippen LogP contribution is -2.56. The number of thiophene rings is 1. The second-order valence-electron chi connectivity index (χ2n) is 6.80. The molecule has 1 amide bonds.